The largest absolute Gasteiger partial charge is 0.453 e. The molecule has 0 aliphatic carbocycles. The summed E-state index contributed by atoms with van der Waals surface area (Å²) in [6.07, 6.45) is 1.20. The van der Waals surface area contributed by atoms with Gasteiger partial charge < -0.3 is 15.0 Å². The average Bonchev–Trinajstić information content (AvgIpc) is 2.18. The Morgan fingerprint density at radius 3 is 2.36 bits per heavy atom. The number of nitrogens with zero attached hydrogens (tertiary/aromatic N) is 1. The molecule has 1 N–H and O–H groups in total. The van der Waals surface area contributed by atoms with E-state index in [9.17, 15) is 9.59 Å². The number of amides is 2. The number of carbonyl (C=O) groups excluding carboxylic acids is 2. The van der Waals surface area contributed by atoms with Crippen molar-refractivity contribution >= 4 is 12.0 Å². The van der Waals surface area contributed by atoms with Crippen molar-refractivity contribution in [1.82, 2.24) is 10.2 Å². The van der Waals surface area contributed by atoms with E-state index < -0.39 is 6.09 Å². The number of carbonyl (C=O) groups is 2. The van der Waals surface area contributed by atoms with Gasteiger partial charge in [-0.05, 0) is 12.8 Å². The summed E-state index contributed by atoms with van der Waals surface area (Å²) in [5.74, 6) is 0.0986. The van der Waals surface area contributed by atoms with Gasteiger partial charge in [0, 0.05) is 26.1 Å². The number of likely N-dealkylation sites (tertiary alicyclic amines) is 1. The normalized spacial score (nSPS) is 17.7. The van der Waals surface area contributed by atoms with E-state index in [1.807, 2.05) is 0 Å². The fraction of sp³-hybridized carbons (Fsp3) is 0.778. The van der Waals surface area contributed by atoms with E-state index >= 15 is 0 Å². The van der Waals surface area contributed by atoms with Gasteiger partial charge in [0.2, 0.25) is 5.91 Å². The molecule has 1 rings (SSSR count). The second-order valence-electron chi connectivity index (χ2n) is 3.42. The lowest BCUT2D eigenvalue weighted by atomic mass is 10.1. The molecule has 0 aromatic rings. The van der Waals surface area contributed by atoms with Crippen LogP contribution in [0.2, 0.25) is 0 Å². The van der Waals surface area contributed by atoms with Crippen LogP contribution in [0.15, 0.2) is 0 Å². The van der Waals surface area contributed by atoms with Crippen molar-refractivity contribution in [1.29, 1.82) is 0 Å². The molecule has 0 aromatic heterocycles. The van der Waals surface area contributed by atoms with E-state index in [1.165, 1.54) is 7.11 Å². The molecular weight excluding hydrogens is 184 g/mol. The van der Waals surface area contributed by atoms with Crippen LogP contribution in [0, 0.1) is 0 Å². The zero-order valence-electron chi connectivity index (χ0n) is 8.58. The molecule has 1 fully saturated rings. The van der Waals surface area contributed by atoms with Gasteiger partial charge in [0.25, 0.3) is 0 Å². The SMILES string of the molecule is COC(=O)NC1CCN(C(C)=O)CC1. The molecule has 5 nitrogen and oxygen atoms in total. The highest BCUT2D eigenvalue weighted by atomic mass is 16.5. The lowest BCUT2D eigenvalue weighted by Gasteiger charge is -2.31. The lowest BCUT2D eigenvalue weighted by molar-refractivity contribution is -0.129. The molecule has 0 saturated carbocycles. The third-order valence-electron chi connectivity index (χ3n) is 2.45. The van der Waals surface area contributed by atoms with Crippen molar-refractivity contribution in [3.05, 3.63) is 0 Å². The number of hydrogen-bond acceptors (Lipinski definition) is 3. The summed E-state index contributed by atoms with van der Waals surface area (Å²) >= 11 is 0. The Labute approximate surface area is 83.4 Å². The number of piperidine rings is 1. The molecule has 80 valence electrons. The Morgan fingerprint density at radius 2 is 1.93 bits per heavy atom. The van der Waals surface area contributed by atoms with Crippen molar-refractivity contribution < 1.29 is 14.3 Å². The minimum absolute atomic E-state index is 0.0986. The number of ether oxygens (including phenoxy) is 1. The first-order valence-corrected chi connectivity index (χ1v) is 4.73. The molecule has 0 atom stereocenters. The molecule has 0 bridgehead atoms. The molecule has 2 amide bonds. The van der Waals surface area contributed by atoms with Crippen LogP contribution >= 0.6 is 0 Å². The molecule has 0 spiro atoms. The summed E-state index contributed by atoms with van der Waals surface area (Å²) in [5.41, 5.74) is 0. The van der Waals surface area contributed by atoms with Gasteiger partial charge in [-0.3, -0.25) is 4.79 Å². The summed E-state index contributed by atoms with van der Waals surface area (Å²) in [6.45, 7) is 2.99. The number of hydrogen-bond donors (Lipinski definition) is 1. The Bertz CT molecular complexity index is 222. The molecule has 0 radical (unpaired) electrons. The summed E-state index contributed by atoms with van der Waals surface area (Å²) < 4.78 is 4.50. The van der Waals surface area contributed by atoms with Crippen LogP contribution in [0.1, 0.15) is 19.8 Å². The summed E-state index contributed by atoms with van der Waals surface area (Å²) in [4.78, 5) is 23.7. The first-order valence-electron chi connectivity index (χ1n) is 4.73. The fourth-order valence-electron chi connectivity index (χ4n) is 1.56. The number of alkyl carbamates (subject to hydrolysis) is 1. The maximum atomic E-state index is 11.0. The quantitative estimate of drug-likeness (QED) is 0.664. The Kier molecular flexibility index (Phi) is 3.73. The third-order valence-corrected chi connectivity index (χ3v) is 2.45. The van der Waals surface area contributed by atoms with E-state index in [1.54, 1.807) is 11.8 Å². The lowest BCUT2D eigenvalue weighted by Crippen LogP contribution is -2.45. The average molecular weight is 200 g/mol. The van der Waals surface area contributed by atoms with Crippen LogP contribution in [0.4, 0.5) is 4.79 Å². The maximum absolute atomic E-state index is 11.0. The molecule has 1 aliphatic heterocycles. The highest BCUT2D eigenvalue weighted by molar-refractivity contribution is 5.73. The number of rotatable bonds is 1. The van der Waals surface area contributed by atoms with Crippen molar-refractivity contribution in [2.45, 2.75) is 25.8 Å². The van der Waals surface area contributed by atoms with E-state index in [2.05, 4.69) is 10.1 Å². The van der Waals surface area contributed by atoms with Gasteiger partial charge in [0.1, 0.15) is 0 Å². The fourth-order valence-corrected chi connectivity index (χ4v) is 1.56. The van der Waals surface area contributed by atoms with Crippen molar-refractivity contribution in [3.63, 3.8) is 0 Å². The highest BCUT2D eigenvalue weighted by Crippen LogP contribution is 2.10. The molecular formula is C9H16N2O3. The molecule has 1 saturated heterocycles. The van der Waals surface area contributed by atoms with Gasteiger partial charge in [-0.1, -0.05) is 0 Å². The predicted octanol–water partition coefficient (Wildman–Crippen LogP) is 0.353. The molecule has 5 heteroatoms. The standard InChI is InChI=1S/C9H16N2O3/c1-7(12)11-5-3-8(4-6-11)10-9(13)14-2/h8H,3-6H2,1-2H3,(H,10,13). The highest BCUT2D eigenvalue weighted by Gasteiger charge is 2.21. The topological polar surface area (TPSA) is 58.6 Å². The molecule has 0 aromatic carbocycles. The zero-order valence-corrected chi connectivity index (χ0v) is 8.58. The minimum atomic E-state index is -0.397. The van der Waals surface area contributed by atoms with Crippen molar-refractivity contribution in [2.24, 2.45) is 0 Å². The zero-order chi connectivity index (χ0) is 10.6. The van der Waals surface area contributed by atoms with Crippen molar-refractivity contribution in [3.8, 4) is 0 Å². The second-order valence-corrected chi connectivity index (χ2v) is 3.42. The van der Waals surface area contributed by atoms with Crippen LogP contribution in [-0.4, -0.2) is 43.1 Å². The maximum Gasteiger partial charge on any atom is 0.407 e. The Hall–Kier alpha value is -1.26. The Balaban J connectivity index is 2.29. The van der Waals surface area contributed by atoms with Gasteiger partial charge >= 0.3 is 6.09 Å². The molecule has 0 unspecified atom stereocenters. The number of methoxy groups -OCH3 is 1. The first-order chi connectivity index (χ1) is 6.63. The monoisotopic (exact) mass is 200 g/mol. The van der Waals surface area contributed by atoms with Crippen LogP contribution in [0.5, 0.6) is 0 Å². The van der Waals surface area contributed by atoms with Gasteiger partial charge in [-0.2, -0.15) is 0 Å². The predicted molar refractivity (Wildman–Crippen MR) is 50.8 cm³/mol. The van der Waals surface area contributed by atoms with Crippen LogP contribution in [0.25, 0.3) is 0 Å². The van der Waals surface area contributed by atoms with Gasteiger partial charge in [-0.15, -0.1) is 0 Å². The van der Waals surface area contributed by atoms with Crippen LogP contribution in [0.3, 0.4) is 0 Å². The van der Waals surface area contributed by atoms with Crippen LogP contribution in [-0.2, 0) is 9.53 Å². The third kappa shape index (κ3) is 2.90. The number of nitrogens with one attached hydrogen (secondary N) is 1. The summed E-state index contributed by atoms with van der Waals surface area (Å²) in [6, 6.07) is 0.137. The second kappa shape index (κ2) is 4.83. The van der Waals surface area contributed by atoms with E-state index in [0.717, 1.165) is 12.8 Å². The van der Waals surface area contributed by atoms with Gasteiger partial charge in [0.05, 0.1) is 7.11 Å². The smallest absolute Gasteiger partial charge is 0.407 e. The molecule has 14 heavy (non-hydrogen) atoms. The van der Waals surface area contributed by atoms with E-state index in [0.29, 0.717) is 13.1 Å². The molecule has 1 heterocycles. The van der Waals surface area contributed by atoms with E-state index in [4.69, 9.17) is 0 Å². The summed E-state index contributed by atoms with van der Waals surface area (Å²) in [7, 11) is 1.35. The summed E-state index contributed by atoms with van der Waals surface area (Å²) in [5, 5.41) is 2.73. The van der Waals surface area contributed by atoms with E-state index in [-0.39, 0.29) is 11.9 Å². The molecule has 1 aliphatic rings. The van der Waals surface area contributed by atoms with Gasteiger partial charge in [0.15, 0.2) is 0 Å². The minimum Gasteiger partial charge on any atom is -0.453 e. The van der Waals surface area contributed by atoms with Gasteiger partial charge in [-0.25, -0.2) is 4.79 Å². The first kappa shape index (κ1) is 10.8. The van der Waals surface area contributed by atoms with Crippen LogP contribution < -0.4 is 5.32 Å². The Morgan fingerprint density at radius 1 is 1.36 bits per heavy atom. The van der Waals surface area contributed by atoms with Crippen molar-refractivity contribution in [2.75, 3.05) is 20.2 Å².